The van der Waals surface area contributed by atoms with Crippen molar-refractivity contribution in [3.8, 4) is 0 Å². The van der Waals surface area contributed by atoms with E-state index in [-0.39, 0.29) is 6.04 Å². The van der Waals surface area contributed by atoms with Gasteiger partial charge in [0.2, 0.25) is 0 Å². The molecule has 0 saturated heterocycles. The molecule has 3 N–H and O–H groups in total. The number of para-hydroxylation sites is 1. The van der Waals surface area contributed by atoms with E-state index in [0.29, 0.717) is 12.3 Å². The van der Waals surface area contributed by atoms with E-state index in [2.05, 4.69) is 41.2 Å². The molecule has 0 aliphatic carbocycles. The number of hydrogen-bond acceptors (Lipinski definition) is 3. The molecule has 1 aromatic carbocycles. The minimum Gasteiger partial charge on any atom is -0.409 e. The highest BCUT2D eigenvalue weighted by Crippen LogP contribution is 2.28. The van der Waals surface area contributed by atoms with Crippen LogP contribution in [-0.4, -0.2) is 23.6 Å². The molecule has 17 heavy (non-hydrogen) atoms. The van der Waals surface area contributed by atoms with E-state index in [1.54, 1.807) is 0 Å². The van der Waals surface area contributed by atoms with Gasteiger partial charge >= 0.3 is 0 Å². The van der Waals surface area contributed by atoms with Crippen LogP contribution in [0.2, 0.25) is 0 Å². The lowest BCUT2D eigenvalue weighted by molar-refractivity contribution is 0.316. The van der Waals surface area contributed by atoms with Crippen LogP contribution in [0.25, 0.3) is 0 Å². The molecule has 1 atom stereocenters. The minimum absolute atomic E-state index is 0.257. The van der Waals surface area contributed by atoms with Crippen LogP contribution in [-0.2, 0) is 6.42 Å². The predicted octanol–water partition coefficient (Wildman–Crippen LogP) is 1.96. The zero-order chi connectivity index (χ0) is 12.3. The van der Waals surface area contributed by atoms with E-state index < -0.39 is 0 Å². The molecular weight excluding hydrogens is 214 g/mol. The van der Waals surface area contributed by atoms with Crippen LogP contribution < -0.4 is 10.6 Å². The van der Waals surface area contributed by atoms with Crippen molar-refractivity contribution in [3.63, 3.8) is 0 Å². The minimum atomic E-state index is 0.257. The molecule has 0 fully saturated rings. The summed E-state index contributed by atoms with van der Waals surface area (Å²) in [7, 11) is 0. The first-order valence-corrected chi connectivity index (χ1v) is 6.03. The van der Waals surface area contributed by atoms with Gasteiger partial charge in [-0.05, 0) is 31.4 Å². The highest BCUT2D eigenvalue weighted by atomic mass is 16.4. The van der Waals surface area contributed by atoms with E-state index >= 15 is 0 Å². The second-order valence-electron chi connectivity index (χ2n) is 4.57. The highest BCUT2D eigenvalue weighted by Gasteiger charge is 2.21. The summed E-state index contributed by atoms with van der Waals surface area (Å²) in [6.07, 6.45) is 2.89. The number of aryl methyl sites for hydroxylation is 1. The monoisotopic (exact) mass is 233 g/mol. The number of amidine groups is 1. The second kappa shape index (κ2) is 5.08. The van der Waals surface area contributed by atoms with Crippen LogP contribution in [0.5, 0.6) is 0 Å². The first-order valence-electron chi connectivity index (χ1n) is 6.03. The van der Waals surface area contributed by atoms with Gasteiger partial charge in [0.05, 0.1) is 0 Å². The number of fused-ring (bicyclic) bond motifs is 1. The van der Waals surface area contributed by atoms with Gasteiger partial charge in [-0.3, -0.25) is 0 Å². The molecule has 4 nitrogen and oxygen atoms in total. The molecule has 0 spiro atoms. The number of oxime groups is 1. The molecule has 1 aromatic rings. The molecule has 1 heterocycles. The van der Waals surface area contributed by atoms with Crippen LogP contribution in [0.3, 0.4) is 0 Å². The standard InChI is InChI=1S/C13H19N3O/c1-10(9-13(14)15-17)16-8-4-6-11-5-2-3-7-12(11)16/h2-3,5,7,10,17H,4,6,8-9H2,1H3,(H2,14,15). The summed E-state index contributed by atoms with van der Waals surface area (Å²) in [4.78, 5) is 2.34. The average molecular weight is 233 g/mol. The van der Waals surface area contributed by atoms with Crippen LogP contribution >= 0.6 is 0 Å². The molecule has 4 heteroatoms. The first-order chi connectivity index (χ1) is 8.22. The molecule has 1 aliphatic rings. The summed E-state index contributed by atoms with van der Waals surface area (Å²) >= 11 is 0. The van der Waals surface area contributed by atoms with Gasteiger partial charge in [-0.1, -0.05) is 23.4 Å². The molecule has 92 valence electrons. The Morgan fingerprint density at radius 1 is 1.53 bits per heavy atom. The number of anilines is 1. The zero-order valence-corrected chi connectivity index (χ0v) is 10.1. The van der Waals surface area contributed by atoms with Gasteiger partial charge in [0.25, 0.3) is 0 Å². The zero-order valence-electron chi connectivity index (χ0n) is 10.1. The quantitative estimate of drug-likeness (QED) is 0.363. The summed E-state index contributed by atoms with van der Waals surface area (Å²) in [6, 6.07) is 8.73. The number of hydrogen-bond donors (Lipinski definition) is 2. The van der Waals surface area contributed by atoms with Crippen molar-refractivity contribution in [2.45, 2.75) is 32.2 Å². The van der Waals surface area contributed by atoms with Crippen molar-refractivity contribution in [3.05, 3.63) is 29.8 Å². The lowest BCUT2D eigenvalue weighted by atomic mass is 9.99. The van der Waals surface area contributed by atoms with Crippen molar-refractivity contribution in [1.29, 1.82) is 0 Å². The van der Waals surface area contributed by atoms with E-state index in [9.17, 15) is 0 Å². The number of nitrogens with two attached hydrogens (primary N) is 1. The fourth-order valence-electron chi connectivity index (χ4n) is 2.47. The Kier molecular flexibility index (Phi) is 3.52. The van der Waals surface area contributed by atoms with Crippen molar-refractivity contribution >= 4 is 11.5 Å². The SMILES string of the molecule is CC(CC(N)=NO)N1CCCc2ccccc21. The number of nitrogens with zero attached hydrogens (tertiary/aromatic N) is 2. The van der Waals surface area contributed by atoms with E-state index in [1.807, 2.05) is 0 Å². The highest BCUT2D eigenvalue weighted by molar-refractivity contribution is 5.80. The Morgan fingerprint density at radius 2 is 2.29 bits per heavy atom. The number of rotatable bonds is 3. The van der Waals surface area contributed by atoms with Crippen LogP contribution in [0.15, 0.2) is 29.4 Å². The maximum absolute atomic E-state index is 8.62. The molecule has 0 saturated carbocycles. The lowest BCUT2D eigenvalue weighted by Crippen LogP contribution is -2.39. The van der Waals surface area contributed by atoms with Gasteiger partial charge in [0.1, 0.15) is 5.84 Å². The van der Waals surface area contributed by atoms with Gasteiger partial charge < -0.3 is 15.8 Å². The smallest absolute Gasteiger partial charge is 0.141 e. The molecule has 1 aliphatic heterocycles. The van der Waals surface area contributed by atoms with Crippen LogP contribution in [0.4, 0.5) is 5.69 Å². The van der Waals surface area contributed by atoms with E-state index in [0.717, 1.165) is 19.4 Å². The van der Waals surface area contributed by atoms with Crippen LogP contribution in [0.1, 0.15) is 25.3 Å². The lowest BCUT2D eigenvalue weighted by Gasteiger charge is -2.36. The summed E-state index contributed by atoms with van der Waals surface area (Å²) in [5, 5.41) is 11.7. The second-order valence-corrected chi connectivity index (χ2v) is 4.57. The Bertz CT molecular complexity index is 417. The van der Waals surface area contributed by atoms with Gasteiger partial charge in [0.15, 0.2) is 0 Å². The van der Waals surface area contributed by atoms with Gasteiger partial charge in [-0.15, -0.1) is 0 Å². The average Bonchev–Trinajstić information content (AvgIpc) is 2.37. The molecular formula is C13H19N3O. The fourth-order valence-corrected chi connectivity index (χ4v) is 2.47. The Balaban J connectivity index is 2.18. The fraction of sp³-hybridized carbons (Fsp3) is 0.462. The van der Waals surface area contributed by atoms with Crippen molar-refractivity contribution in [2.24, 2.45) is 10.9 Å². The largest absolute Gasteiger partial charge is 0.409 e. The molecule has 1 unspecified atom stereocenters. The first kappa shape index (κ1) is 11.8. The van der Waals surface area contributed by atoms with Crippen molar-refractivity contribution < 1.29 is 5.21 Å². The Labute approximate surface area is 102 Å². The Morgan fingerprint density at radius 3 is 3.06 bits per heavy atom. The maximum atomic E-state index is 8.62. The van der Waals surface area contributed by atoms with E-state index in [1.165, 1.54) is 11.3 Å². The summed E-state index contributed by atoms with van der Waals surface area (Å²) in [6.45, 7) is 3.15. The third-order valence-electron chi connectivity index (χ3n) is 3.31. The molecule has 2 rings (SSSR count). The van der Waals surface area contributed by atoms with Gasteiger partial charge in [-0.2, -0.15) is 0 Å². The summed E-state index contributed by atoms with van der Waals surface area (Å²) < 4.78 is 0. The molecule has 0 radical (unpaired) electrons. The van der Waals surface area contributed by atoms with Crippen molar-refractivity contribution in [2.75, 3.05) is 11.4 Å². The maximum Gasteiger partial charge on any atom is 0.141 e. The van der Waals surface area contributed by atoms with Gasteiger partial charge in [0, 0.05) is 24.7 Å². The predicted molar refractivity (Wildman–Crippen MR) is 69.6 cm³/mol. The topological polar surface area (TPSA) is 61.9 Å². The summed E-state index contributed by atoms with van der Waals surface area (Å²) in [5.41, 5.74) is 8.26. The molecule has 0 amide bonds. The van der Waals surface area contributed by atoms with E-state index in [4.69, 9.17) is 10.9 Å². The number of benzene rings is 1. The third-order valence-corrected chi connectivity index (χ3v) is 3.31. The van der Waals surface area contributed by atoms with Gasteiger partial charge in [-0.25, -0.2) is 0 Å². The molecule has 0 aromatic heterocycles. The van der Waals surface area contributed by atoms with Crippen molar-refractivity contribution in [1.82, 2.24) is 0 Å². The van der Waals surface area contributed by atoms with Crippen LogP contribution in [0, 0.1) is 0 Å². The molecule has 0 bridgehead atoms. The normalized spacial score (nSPS) is 17.7. The Hall–Kier alpha value is -1.71. The third kappa shape index (κ3) is 2.52. The summed E-state index contributed by atoms with van der Waals surface area (Å²) in [5.74, 6) is 0.292.